The van der Waals surface area contributed by atoms with Crippen LogP contribution in [0.25, 0.3) is 0 Å². The van der Waals surface area contributed by atoms with Crippen LogP contribution in [-0.4, -0.2) is 74.9 Å². The van der Waals surface area contributed by atoms with Crippen molar-refractivity contribution in [3.05, 3.63) is 48.6 Å². The van der Waals surface area contributed by atoms with E-state index in [0.717, 1.165) is 44.9 Å². The van der Waals surface area contributed by atoms with Crippen molar-refractivity contribution in [3.8, 4) is 0 Å². The number of hydrogen-bond donors (Lipinski definition) is 1. The molecule has 0 aliphatic rings. The largest absolute Gasteiger partial charge is 0.472 e. The Hall–Kier alpha value is -2.03. The zero-order valence-corrected chi connectivity index (χ0v) is 61.5. The molecule has 0 aromatic heterocycles. The summed E-state index contributed by atoms with van der Waals surface area (Å²) in [6.45, 7) is 4.49. The van der Waals surface area contributed by atoms with Crippen LogP contribution in [0.1, 0.15) is 399 Å². The van der Waals surface area contributed by atoms with E-state index in [1.807, 2.05) is 21.1 Å². The summed E-state index contributed by atoms with van der Waals surface area (Å²) in [6, 6.07) is 0. The molecule has 2 unspecified atom stereocenters. The Balaban J connectivity index is 3.91. The van der Waals surface area contributed by atoms with Gasteiger partial charge in [0.1, 0.15) is 19.8 Å². The first-order valence-electron chi connectivity index (χ1n) is 39.4. The zero-order valence-electron chi connectivity index (χ0n) is 60.7. The molecule has 0 aliphatic heterocycles. The van der Waals surface area contributed by atoms with Crippen molar-refractivity contribution in [3.63, 3.8) is 0 Å². The fourth-order valence-corrected chi connectivity index (χ4v) is 12.5. The van der Waals surface area contributed by atoms with Gasteiger partial charge in [0.2, 0.25) is 0 Å². The van der Waals surface area contributed by atoms with Crippen molar-refractivity contribution >= 4 is 19.8 Å². The van der Waals surface area contributed by atoms with E-state index in [1.165, 1.54) is 321 Å². The Morgan fingerprint density at radius 3 is 0.900 bits per heavy atom. The summed E-state index contributed by atoms with van der Waals surface area (Å²) in [4.78, 5) is 36.0. The molecule has 90 heavy (non-hydrogen) atoms. The molecule has 0 aromatic rings. The second kappa shape index (κ2) is 71.3. The van der Waals surface area contributed by atoms with E-state index in [4.69, 9.17) is 18.5 Å². The molecule has 0 aliphatic carbocycles. The lowest BCUT2D eigenvalue weighted by molar-refractivity contribution is -0.870. The second-order valence-corrected chi connectivity index (χ2v) is 29.5. The molecule has 0 aromatic carbocycles. The van der Waals surface area contributed by atoms with Gasteiger partial charge in [0, 0.05) is 12.8 Å². The molecular formula is C80H153NO8P+. The van der Waals surface area contributed by atoms with Crippen molar-refractivity contribution < 1.29 is 42.1 Å². The highest BCUT2D eigenvalue weighted by Crippen LogP contribution is 2.43. The monoisotopic (exact) mass is 1290 g/mol. The van der Waals surface area contributed by atoms with Crippen LogP contribution in [0.3, 0.4) is 0 Å². The number of esters is 2. The molecule has 0 saturated heterocycles. The quantitative estimate of drug-likeness (QED) is 0.0211. The first-order chi connectivity index (χ1) is 44.0. The van der Waals surface area contributed by atoms with E-state index in [1.54, 1.807) is 0 Å². The van der Waals surface area contributed by atoms with E-state index in [2.05, 4.69) is 62.5 Å². The molecule has 0 radical (unpaired) electrons. The lowest BCUT2D eigenvalue weighted by Gasteiger charge is -2.24. The van der Waals surface area contributed by atoms with Gasteiger partial charge in [-0.25, -0.2) is 4.57 Å². The van der Waals surface area contributed by atoms with Gasteiger partial charge in [-0.3, -0.25) is 18.6 Å². The third kappa shape index (κ3) is 75.0. The molecule has 1 N–H and O–H groups in total. The highest BCUT2D eigenvalue weighted by Gasteiger charge is 2.27. The minimum absolute atomic E-state index is 0.0345. The van der Waals surface area contributed by atoms with Gasteiger partial charge in [-0.1, -0.05) is 358 Å². The first-order valence-corrected chi connectivity index (χ1v) is 40.9. The van der Waals surface area contributed by atoms with E-state index < -0.39 is 26.5 Å². The average molecular weight is 1290 g/mol. The van der Waals surface area contributed by atoms with Crippen molar-refractivity contribution in [1.29, 1.82) is 0 Å². The molecule has 530 valence electrons. The number of phosphoric ester groups is 1. The Morgan fingerprint density at radius 2 is 0.600 bits per heavy atom. The molecule has 10 heteroatoms. The van der Waals surface area contributed by atoms with E-state index in [9.17, 15) is 19.0 Å². The van der Waals surface area contributed by atoms with Crippen LogP contribution in [0.4, 0.5) is 0 Å². The molecule has 0 saturated carbocycles. The summed E-state index contributed by atoms with van der Waals surface area (Å²) in [5, 5.41) is 0. The standard InChI is InChI=1S/C80H152NO8P/c1-6-8-10-12-14-16-18-20-22-24-26-28-30-32-34-35-36-37-38-39-40-41-42-43-44-45-47-49-51-53-55-57-59-61-63-65-67-69-71-73-80(83)89-78(77-88-90(84,85)87-75-74-81(3,4)5)76-86-79(82)72-70-68-66-64-62-60-58-56-54-52-50-48-46-33-31-29-27-25-23-21-19-17-15-13-11-9-7-2/h18,20,24-27,30,32,78H,6-17,19,21-23,28-29,31,33-77H2,1-5H3/p+1/b20-18-,26-24-,27-25-,32-30-. The van der Waals surface area contributed by atoms with E-state index in [0.29, 0.717) is 23.9 Å². The van der Waals surface area contributed by atoms with Gasteiger partial charge in [-0.05, 0) is 77.0 Å². The van der Waals surface area contributed by atoms with Gasteiger partial charge in [0.15, 0.2) is 6.10 Å². The Kier molecular flexibility index (Phi) is 69.7. The first kappa shape index (κ1) is 88.0. The maximum atomic E-state index is 12.9. The number of carbonyl (C=O) groups excluding carboxylic acids is 2. The highest BCUT2D eigenvalue weighted by molar-refractivity contribution is 7.47. The van der Waals surface area contributed by atoms with Crippen molar-refractivity contribution in [2.45, 2.75) is 405 Å². The summed E-state index contributed by atoms with van der Waals surface area (Å²) in [6.07, 6.45) is 94.0. The molecule has 9 nitrogen and oxygen atoms in total. The minimum atomic E-state index is -4.39. The maximum absolute atomic E-state index is 12.9. The van der Waals surface area contributed by atoms with Crippen molar-refractivity contribution in [2.75, 3.05) is 47.5 Å². The molecule has 0 amide bonds. The van der Waals surface area contributed by atoms with Crippen LogP contribution < -0.4 is 0 Å². The molecule has 0 rings (SSSR count). The minimum Gasteiger partial charge on any atom is -0.462 e. The molecular weight excluding hydrogens is 1130 g/mol. The number of nitrogens with zero attached hydrogens (tertiary/aromatic N) is 1. The molecule has 0 bridgehead atoms. The number of hydrogen-bond acceptors (Lipinski definition) is 7. The molecule has 0 fully saturated rings. The predicted molar refractivity (Wildman–Crippen MR) is 390 cm³/mol. The average Bonchev–Trinajstić information content (AvgIpc) is 3.58. The lowest BCUT2D eigenvalue weighted by Crippen LogP contribution is -2.37. The number of phosphoric acid groups is 1. The Morgan fingerprint density at radius 1 is 0.344 bits per heavy atom. The van der Waals surface area contributed by atoms with Crippen LogP contribution in [0, 0.1) is 0 Å². The number of ether oxygens (including phenoxy) is 2. The summed E-state index contributed by atoms with van der Waals surface area (Å²) < 4.78 is 34.8. The molecule has 2 atom stereocenters. The number of rotatable bonds is 74. The maximum Gasteiger partial charge on any atom is 0.472 e. The van der Waals surface area contributed by atoms with E-state index in [-0.39, 0.29) is 25.6 Å². The molecule has 0 heterocycles. The van der Waals surface area contributed by atoms with Crippen LogP contribution >= 0.6 is 7.82 Å². The highest BCUT2D eigenvalue weighted by atomic mass is 31.2. The summed E-state index contributed by atoms with van der Waals surface area (Å²) >= 11 is 0. The lowest BCUT2D eigenvalue weighted by atomic mass is 10.0. The van der Waals surface area contributed by atoms with Crippen LogP contribution in [0.5, 0.6) is 0 Å². The number of likely N-dealkylation sites (N-methyl/N-ethyl adjacent to an activating group) is 1. The number of allylic oxidation sites excluding steroid dienone is 8. The van der Waals surface area contributed by atoms with Gasteiger partial charge < -0.3 is 18.9 Å². The van der Waals surface area contributed by atoms with E-state index >= 15 is 0 Å². The van der Waals surface area contributed by atoms with Crippen LogP contribution in [0.15, 0.2) is 48.6 Å². The Bertz CT molecular complexity index is 1660. The van der Waals surface area contributed by atoms with Crippen molar-refractivity contribution in [1.82, 2.24) is 0 Å². The van der Waals surface area contributed by atoms with Gasteiger partial charge in [0.25, 0.3) is 0 Å². The second-order valence-electron chi connectivity index (χ2n) is 28.1. The smallest absolute Gasteiger partial charge is 0.462 e. The van der Waals surface area contributed by atoms with Gasteiger partial charge in [-0.15, -0.1) is 0 Å². The Labute approximate surface area is 560 Å². The van der Waals surface area contributed by atoms with Gasteiger partial charge >= 0.3 is 19.8 Å². The predicted octanol–water partition coefficient (Wildman–Crippen LogP) is 26.0. The fraction of sp³-hybridized carbons (Fsp3) is 0.875. The summed E-state index contributed by atoms with van der Waals surface area (Å²) in [5.74, 6) is -0.774. The molecule has 0 spiro atoms. The number of unbranched alkanes of at least 4 members (excludes halogenated alkanes) is 52. The van der Waals surface area contributed by atoms with Crippen LogP contribution in [-0.2, 0) is 32.7 Å². The van der Waals surface area contributed by atoms with Crippen LogP contribution in [0.2, 0.25) is 0 Å². The third-order valence-corrected chi connectivity index (χ3v) is 18.8. The van der Waals surface area contributed by atoms with Gasteiger partial charge in [-0.2, -0.15) is 0 Å². The number of carbonyl (C=O) groups is 2. The van der Waals surface area contributed by atoms with Gasteiger partial charge in [0.05, 0.1) is 27.7 Å². The zero-order chi connectivity index (χ0) is 65.5. The summed E-state index contributed by atoms with van der Waals surface area (Å²) in [7, 11) is 1.50. The fourth-order valence-electron chi connectivity index (χ4n) is 11.8. The van der Waals surface area contributed by atoms with Crippen molar-refractivity contribution in [2.24, 2.45) is 0 Å². The normalized spacial score (nSPS) is 13.3. The SMILES string of the molecule is CCCCCCC/C=C\C/C=C\C/C=C\CCCCCCCCCCCCCCCCCCCCCCCCCCC(=O)OC(COC(=O)CCCCCCCCCCCCCCCCC/C=C\CCCCCCCCCC)COP(=O)(O)OCC[N+](C)(C)C. The summed E-state index contributed by atoms with van der Waals surface area (Å²) in [5.41, 5.74) is 0. The number of quaternary nitrogens is 1. The topological polar surface area (TPSA) is 108 Å². The third-order valence-electron chi connectivity index (χ3n) is 17.8.